The number of likely N-dealkylation sites (N-methyl/N-ethyl adjacent to an activating group) is 1. The number of rotatable bonds is 7. The van der Waals surface area contributed by atoms with E-state index in [0.717, 1.165) is 0 Å². The van der Waals surface area contributed by atoms with Crippen LogP contribution in [0.1, 0.15) is 24.2 Å². The molecule has 23 heavy (non-hydrogen) atoms. The van der Waals surface area contributed by atoms with Crippen molar-refractivity contribution >= 4 is 42.3 Å². The Labute approximate surface area is 150 Å². The molecule has 0 aliphatic carbocycles. The molecule has 1 aromatic carbocycles. The van der Waals surface area contributed by atoms with E-state index < -0.39 is 0 Å². The van der Waals surface area contributed by atoms with Crippen LogP contribution in [0.5, 0.6) is 0 Å². The smallest absolute Gasteiger partial charge is 0.253 e. The van der Waals surface area contributed by atoms with Crippen molar-refractivity contribution in [3.05, 3.63) is 29.8 Å². The zero-order valence-corrected chi connectivity index (χ0v) is 15.3. The minimum atomic E-state index is -0.242. The summed E-state index contributed by atoms with van der Waals surface area (Å²) in [5.74, 6) is -0.390. The Hall–Kier alpha value is -1.34. The molecule has 1 aromatic rings. The first-order valence-corrected chi connectivity index (χ1v) is 7.03. The number of nitrogens with two attached hydrogens (primary N) is 1. The second kappa shape index (κ2) is 12.1. The zero-order chi connectivity index (χ0) is 15.8. The summed E-state index contributed by atoms with van der Waals surface area (Å²) in [4.78, 5) is 25.9. The van der Waals surface area contributed by atoms with Crippen molar-refractivity contribution in [1.82, 2.24) is 10.2 Å². The normalized spacial score (nSPS) is 9.83. The van der Waals surface area contributed by atoms with Gasteiger partial charge in [-0.1, -0.05) is 12.1 Å². The standard InChI is InChI=1S/C15H24N4O2.2ClH/c1-11(2)19(3)10-14(20)18-13-7-5-4-6-12(13)15(21)17-9-8-16;;/h4-7,11H,8-10,16H2,1-3H3,(H,17,21)(H,18,20);2*1H. The van der Waals surface area contributed by atoms with Crippen LogP contribution in [0.3, 0.4) is 0 Å². The number of nitrogens with one attached hydrogen (secondary N) is 2. The first-order valence-electron chi connectivity index (χ1n) is 7.03. The second-order valence-electron chi connectivity index (χ2n) is 5.15. The number of hydrogen-bond acceptors (Lipinski definition) is 4. The maximum Gasteiger partial charge on any atom is 0.253 e. The summed E-state index contributed by atoms with van der Waals surface area (Å²) in [6.07, 6.45) is 0. The van der Waals surface area contributed by atoms with E-state index >= 15 is 0 Å². The predicted octanol–water partition coefficient (Wildman–Crippen LogP) is 1.50. The van der Waals surface area contributed by atoms with Gasteiger partial charge in [-0.3, -0.25) is 14.5 Å². The van der Waals surface area contributed by atoms with Gasteiger partial charge in [-0.2, -0.15) is 0 Å². The Bertz CT molecular complexity index is 498. The van der Waals surface area contributed by atoms with Crippen LogP contribution in [0.2, 0.25) is 0 Å². The highest BCUT2D eigenvalue weighted by Crippen LogP contribution is 2.14. The largest absolute Gasteiger partial charge is 0.351 e. The molecule has 132 valence electrons. The Morgan fingerprint density at radius 3 is 2.39 bits per heavy atom. The van der Waals surface area contributed by atoms with Crippen molar-refractivity contribution in [2.24, 2.45) is 5.73 Å². The number of nitrogens with zero attached hydrogens (tertiary/aromatic N) is 1. The SMILES string of the molecule is CC(C)N(C)CC(=O)Nc1ccccc1C(=O)NCCN.Cl.Cl. The zero-order valence-electron chi connectivity index (χ0n) is 13.7. The van der Waals surface area contributed by atoms with E-state index in [2.05, 4.69) is 10.6 Å². The van der Waals surface area contributed by atoms with Gasteiger partial charge in [-0.05, 0) is 33.0 Å². The Morgan fingerprint density at radius 1 is 1.22 bits per heavy atom. The molecule has 0 unspecified atom stereocenters. The molecule has 0 bridgehead atoms. The average Bonchev–Trinajstić information content (AvgIpc) is 2.45. The van der Waals surface area contributed by atoms with Crippen LogP contribution >= 0.6 is 24.8 Å². The molecule has 0 heterocycles. The van der Waals surface area contributed by atoms with Crippen LogP contribution in [-0.2, 0) is 4.79 Å². The third kappa shape index (κ3) is 8.18. The van der Waals surface area contributed by atoms with Crippen LogP contribution in [0.25, 0.3) is 0 Å². The highest BCUT2D eigenvalue weighted by molar-refractivity contribution is 6.04. The monoisotopic (exact) mass is 364 g/mol. The van der Waals surface area contributed by atoms with Crippen LogP contribution in [0.15, 0.2) is 24.3 Å². The van der Waals surface area contributed by atoms with Crippen molar-refractivity contribution in [2.75, 3.05) is 32.0 Å². The van der Waals surface area contributed by atoms with Gasteiger partial charge < -0.3 is 16.4 Å². The van der Waals surface area contributed by atoms with E-state index in [1.54, 1.807) is 24.3 Å². The number of benzene rings is 1. The van der Waals surface area contributed by atoms with Gasteiger partial charge in [0, 0.05) is 19.1 Å². The van der Waals surface area contributed by atoms with E-state index in [0.29, 0.717) is 24.3 Å². The van der Waals surface area contributed by atoms with Crippen LogP contribution in [0, 0.1) is 0 Å². The summed E-state index contributed by atoms with van der Waals surface area (Å²) in [7, 11) is 1.88. The van der Waals surface area contributed by atoms with E-state index in [4.69, 9.17) is 5.73 Å². The fourth-order valence-electron chi connectivity index (χ4n) is 1.67. The molecule has 0 atom stereocenters. The highest BCUT2D eigenvalue weighted by atomic mass is 35.5. The first-order chi connectivity index (χ1) is 9.95. The molecule has 0 saturated carbocycles. The number of carbonyl (C=O) groups is 2. The van der Waals surface area contributed by atoms with Gasteiger partial charge in [0.25, 0.3) is 5.91 Å². The fourth-order valence-corrected chi connectivity index (χ4v) is 1.67. The molecular formula is C15H26Cl2N4O2. The van der Waals surface area contributed by atoms with Gasteiger partial charge in [0.1, 0.15) is 0 Å². The molecule has 6 nitrogen and oxygen atoms in total. The van der Waals surface area contributed by atoms with Crippen molar-refractivity contribution in [2.45, 2.75) is 19.9 Å². The quantitative estimate of drug-likeness (QED) is 0.683. The maximum atomic E-state index is 12.0. The summed E-state index contributed by atoms with van der Waals surface area (Å²) in [6, 6.07) is 7.20. The topological polar surface area (TPSA) is 87.5 Å². The first kappa shape index (κ1) is 23.9. The van der Waals surface area contributed by atoms with Crippen molar-refractivity contribution in [1.29, 1.82) is 0 Å². The number of anilines is 1. The molecule has 2 amide bonds. The molecule has 0 aliphatic heterocycles. The minimum Gasteiger partial charge on any atom is -0.351 e. The molecular weight excluding hydrogens is 339 g/mol. The molecule has 0 saturated heterocycles. The number of para-hydroxylation sites is 1. The third-order valence-corrected chi connectivity index (χ3v) is 3.15. The molecule has 0 aliphatic rings. The summed E-state index contributed by atoms with van der Waals surface area (Å²) >= 11 is 0. The lowest BCUT2D eigenvalue weighted by atomic mass is 10.1. The Morgan fingerprint density at radius 2 is 1.83 bits per heavy atom. The minimum absolute atomic E-state index is 0. The number of hydrogen-bond donors (Lipinski definition) is 3. The van der Waals surface area contributed by atoms with Gasteiger partial charge in [0.05, 0.1) is 17.8 Å². The van der Waals surface area contributed by atoms with E-state index in [1.165, 1.54) is 0 Å². The Kier molecular flexibility index (Phi) is 12.6. The van der Waals surface area contributed by atoms with Gasteiger partial charge >= 0.3 is 0 Å². The summed E-state index contributed by atoms with van der Waals surface area (Å²) < 4.78 is 0. The Balaban J connectivity index is 0. The maximum absolute atomic E-state index is 12.0. The van der Waals surface area contributed by atoms with E-state index in [9.17, 15) is 9.59 Å². The highest BCUT2D eigenvalue weighted by Gasteiger charge is 2.14. The molecule has 0 spiro atoms. The van der Waals surface area contributed by atoms with E-state index in [-0.39, 0.29) is 49.2 Å². The molecule has 0 radical (unpaired) electrons. The molecule has 8 heteroatoms. The summed E-state index contributed by atoms with van der Waals surface area (Å²) in [5, 5.41) is 5.48. The molecule has 1 rings (SSSR count). The number of halogens is 2. The van der Waals surface area contributed by atoms with Crippen molar-refractivity contribution in [3.8, 4) is 0 Å². The fraction of sp³-hybridized carbons (Fsp3) is 0.467. The predicted molar refractivity (Wildman–Crippen MR) is 98.7 cm³/mol. The summed E-state index contributed by atoms with van der Waals surface area (Å²) in [6.45, 7) is 5.08. The number of carbonyl (C=O) groups excluding carboxylic acids is 2. The van der Waals surface area contributed by atoms with Gasteiger partial charge in [0.2, 0.25) is 5.91 Å². The van der Waals surface area contributed by atoms with Crippen molar-refractivity contribution in [3.63, 3.8) is 0 Å². The van der Waals surface area contributed by atoms with Crippen LogP contribution in [0.4, 0.5) is 5.69 Å². The lowest BCUT2D eigenvalue weighted by Gasteiger charge is -2.20. The molecule has 0 fully saturated rings. The third-order valence-electron chi connectivity index (χ3n) is 3.15. The summed E-state index contributed by atoms with van der Waals surface area (Å²) in [5.41, 5.74) is 6.31. The van der Waals surface area contributed by atoms with E-state index in [1.807, 2.05) is 25.8 Å². The second-order valence-corrected chi connectivity index (χ2v) is 5.15. The number of amides is 2. The van der Waals surface area contributed by atoms with Gasteiger partial charge in [-0.15, -0.1) is 24.8 Å². The average molecular weight is 365 g/mol. The molecule has 0 aromatic heterocycles. The van der Waals surface area contributed by atoms with Crippen LogP contribution in [-0.4, -0.2) is 49.4 Å². The molecule has 4 N–H and O–H groups in total. The van der Waals surface area contributed by atoms with Crippen LogP contribution < -0.4 is 16.4 Å². The van der Waals surface area contributed by atoms with Gasteiger partial charge in [0.15, 0.2) is 0 Å². The van der Waals surface area contributed by atoms with Crippen molar-refractivity contribution < 1.29 is 9.59 Å². The lowest BCUT2D eigenvalue weighted by molar-refractivity contribution is -0.117. The lowest BCUT2D eigenvalue weighted by Crippen LogP contribution is -2.35. The van der Waals surface area contributed by atoms with Gasteiger partial charge in [-0.25, -0.2) is 0 Å².